The highest BCUT2D eigenvalue weighted by Gasteiger charge is 2.30. The van der Waals surface area contributed by atoms with Gasteiger partial charge in [-0.15, -0.1) is 0 Å². The third kappa shape index (κ3) is 19.1. The SMILES string of the molecule is CCCCCCCCCCCCCCC[C@H](CC(=O)OC)N(CCC(=O)OC)C(=O)OC(C)(C)C. The predicted octanol–water partition coefficient (Wildman–Crippen LogP) is 7.20. The van der Waals surface area contributed by atoms with Crippen LogP contribution in [0.1, 0.15) is 130 Å². The molecule has 0 fully saturated rings. The van der Waals surface area contributed by atoms with Crippen LogP contribution in [-0.2, 0) is 23.8 Å². The van der Waals surface area contributed by atoms with Gasteiger partial charge in [-0.3, -0.25) is 9.59 Å². The Morgan fingerprint density at radius 2 is 1.17 bits per heavy atom. The van der Waals surface area contributed by atoms with Gasteiger partial charge in [0.25, 0.3) is 0 Å². The summed E-state index contributed by atoms with van der Waals surface area (Å²) < 4.78 is 15.2. The van der Waals surface area contributed by atoms with Crippen LogP contribution in [0.15, 0.2) is 0 Å². The van der Waals surface area contributed by atoms with Gasteiger partial charge in [-0.1, -0.05) is 90.4 Å². The smallest absolute Gasteiger partial charge is 0.410 e. The molecule has 206 valence electrons. The first kappa shape index (κ1) is 33.2. The van der Waals surface area contributed by atoms with Gasteiger partial charge in [0.1, 0.15) is 5.60 Å². The number of nitrogens with zero attached hydrogens (tertiary/aromatic N) is 1. The number of hydrogen-bond acceptors (Lipinski definition) is 6. The predicted molar refractivity (Wildman–Crippen MR) is 140 cm³/mol. The number of unbranched alkanes of at least 4 members (excludes halogenated alkanes) is 12. The second-order valence-electron chi connectivity index (χ2n) is 10.5. The summed E-state index contributed by atoms with van der Waals surface area (Å²) in [5.41, 5.74) is -0.675. The van der Waals surface area contributed by atoms with Crippen molar-refractivity contribution in [2.75, 3.05) is 20.8 Å². The van der Waals surface area contributed by atoms with Gasteiger partial charge in [-0.2, -0.15) is 0 Å². The Balaban J connectivity index is 4.59. The number of rotatable bonds is 20. The number of amides is 1. The summed E-state index contributed by atoms with van der Waals surface area (Å²) in [4.78, 5) is 38.2. The highest BCUT2D eigenvalue weighted by molar-refractivity contribution is 5.74. The maximum Gasteiger partial charge on any atom is 0.410 e. The molecule has 0 aromatic carbocycles. The van der Waals surface area contributed by atoms with E-state index in [1.165, 1.54) is 83.3 Å². The lowest BCUT2D eigenvalue weighted by molar-refractivity contribution is -0.142. The molecule has 7 nitrogen and oxygen atoms in total. The molecule has 0 spiro atoms. The molecule has 1 atom stereocenters. The molecule has 0 radical (unpaired) electrons. The third-order valence-corrected chi connectivity index (χ3v) is 6.12. The van der Waals surface area contributed by atoms with E-state index in [0.717, 1.165) is 19.3 Å². The van der Waals surface area contributed by atoms with E-state index in [1.54, 1.807) is 20.8 Å². The van der Waals surface area contributed by atoms with Gasteiger partial charge < -0.3 is 19.1 Å². The summed E-state index contributed by atoms with van der Waals surface area (Å²) in [5.74, 6) is -0.785. The van der Waals surface area contributed by atoms with Crippen molar-refractivity contribution in [3.05, 3.63) is 0 Å². The minimum Gasteiger partial charge on any atom is -0.469 e. The zero-order valence-electron chi connectivity index (χ0n) is 23.5. The molecule has 0 rings (SSSR count). The molecule has 0 aromatic heterocycles. The van der Waals surface area contributed by atoms with E-state index in [9.17, 15) is 14.4 Å². The number of methoxy groups -OCH3 is 2. The van der Waals surface area contributed by atoms with E-state index < -0.39 is 17.7 Å². The third-order valence-electron chi connectivity index (χ3n) is 6.12. The minimum atomic E-state index is -0.675. The first-order chi connectivity index (χ1) is 16.6. The van der Waals surface area contributed by atoms with Crippen molar-refractivity contribution >= 4 is 18.0 Å². The molecule has 0 saturated heterocycles. The van der Waals surface area contributed by atoms with Crippen LogP contribution >= 0.6 is 0 Å². The quantitative estimate of drug-likeness (QED) is 0.100. The van der Waals surface area contributed by atoms with Crippen LogP contribution in [0.25, 0.3) is 0 Å². The van der Waals surface area contributed by atoms with Gasteiger partial charge in [0, 0.05) is 12.6 Å². The fourth-order valence-corrected chi connectivity index (χ4v) is 4.10. The summed E-state index contributed by atoms with van der Waals surface area (Å²) in [6, 6.07) is -0.380. The first-order valence-corrected chi connectivity index (χ1v) is 13.8. The van der Waals surface area contributed by atoms with E-state index in [4.69, 9.17) is 14.2 Å². The number of ether oxygens (including phenoxy) is 3. The molecule has 0 N–H and O–H groups in total. The molecule has 0 heterocycles. The fourth-order valence-electron chi connectivity index (χ4n) is 4.10. The zero-order valence-corrected chi connectivity index (χ0v) is 23.5. The van der Waals surface area contributed by atoms with Crippen LogP contribution in [0.3, 0.4) is 0 Å². The van der Waals surface area contributed by atoms with E-state index in [2.05, 4.69) is 6.92 Å². The van der Waals surface area contributed by atoms with Gasteiger partial charge >= 0.3 is 18.0 Å². The lowest BCUT2D eigenvalue weighted by Crippen LogP contribution is -2.45. The van der Waals surface area contributed by atoms with Crippen LogP contribution < -0.4 is 0 Å². The number of carbonyl (C=O) groups excluding carboxylic acids is 3. The Hall–Kier alpha value is -1.79. The molecule has 0 aliphatic rings. The topological polar surface area (TPSA) is 82.1 Å². The van der Waals surface area contributed by atoms with Crippen LogP contribution in [-0.4, -0.2) is 55.3 Å². The Labute approximate surface area is 214 Å². The molecule has 7 heteroatoms. The van der Waals surface area contributed by atoms with Crippen molar-refractivity contribution in [3.8, 4) is 0 Å². The molecule has 35 heavy (non-hydrogen) atoms. The zero-order chi connectivity index (χ0) is 26.5. The van der Waals surface area contributed by atoms with E-state index in [-0.39, 0.29) is 31.4 Å². The molecule has 1 amide bonds. The molecular formula is C28H53NO6. The maximum atomic E-state index is 12.9. The Bertz CT molecular complexity index is 572. The summed E-state index contributed by atoms with van der Waals surface area (Å²) >= 11 is 0. The van der Waals surface area contributed by atoms with Crippen molar-refractivity contribution in [1.82, 2.24) is 4.90 Å². The van der Waals surface area contributed by atoms with Gasteiger partial charge in [0.15, 0.2) is 0 Å². The lowest BCUT2D eigenvalue weighted by atomic mass is 10.0. The second-order valence-corrected chi connectivity index (χ2v) is 10.5. The largest absolute Gasteiger partial charge is 0.469 e. The summed E-state index contributed by atoms with van der Waals surface area (Å²) in [7, 11) is 2.66. The summed E-state index contributed by atoms with van der Waals surface area (Å²) in [6.07, 6.45) is 16.6. The summed E-state index contributed by atoms with van der Waals surface area (Å²) in [6.45, 7) is 7.78. The number of esters is 2. The molecule has 0 unspecified atom stereocenters. The second kappa shape index (κ2) is 20.4. The Morgan fingerprint density at radius 3 is 1.60 bits per heavy atom. The highest BCUT2D eigenvalue weighted by atomic mass is 16.6. The highest BCUT2D eigenvalue weighted by Crippen LogP contribution is 2.20. The van der Waals surface area contributed by atoms with Gasteiger partial charge in [0.05, 0.1) is 27.1 Å². The van der Waals surface area contributed by atoms with Crippen molar-refractivity contribution in [2.45, 2.75) is 142 Å². The molecule has 0 bridgehead atoms. The lowest BCUT2D eigenvalue weighted by Gasteiger charge is -2.33. The molecular weight excluding hydrogens is 446 g/mol. The van der Waals surface area contributed by atoms with Gasteiger partial charge in [-0.05, 0) is 27.2 Å². The van der Waals surface area contributed by atoms with Gasteiger partial charge in [-0.25, -0.2) is 4.79 Å². The average Bonchev–Trinajstić information content (AvgIpc) is 2.80. The van der Waals surface area contributed by atoms with Crippen molar-refractivity contribution in [1.29, 1.82) is 0 Å². The van der Waals surface area contributed by atoms with Crippen molar-refractivity contribution in [2.24, 2.45) is 0 Å². The van der Waals surface area contributed by atoms with Crippen molar-refractivity contribution in [3.63, 3.8) is 0 Å². The van der Waals surface area contributed by atoms with E-state index in [1.807, 2.05) is 0 Å². The van der Waals surface area contributed by atoms with E-state index >= 15 is 0 Å². The molecule has 0 saturated carbocycles. The van der Waals surface area contributed by atoms with Crippen molar-refractivity contribution < 1.29 is 28.6 Å². The number of carbonyl (C=O) groups is 3. The van der Waals surface area contributed by atoms with E-state index in [0.29, 0.717) is 6.42 Å². The normalized spacial score (nSPS) is 12.2. The monoisotopic (exact) mass is 499 g/mol. The molecule has 0 aromatic rings. The fraction of sp³-hybridized carbons (Fsp3) is 0.893. The Morgan fingerprint density at radius 1 is 0.714 bits per heavy atom. The maximum absolute atomic E-state index is 12.9. The van der Waals surface area contributed by atoms with Crippen LogP contribution in [0.2, 0.25) is 0 Å². The van der Waals surface area contributed by atoms with Crippen LogP contribution in [0, 0.1) is 0 Å². The number of hydrogen-bond donors (Lipinski definition) is 0. The average molecular weight is 500 g/mol. The van der Waals surface area contributed by atoms with Gasteiger partial charge in [0.2, 0.25) is 0 Å². The van der Waals surface area contributed by atoms with Crippen LogP contribution in [0.5, 0.6) is 0 Å². The molecule has 0 aliphatic heterocycles. The summed E-state index contributed by atoms with van der Waals surface area (Å²) in [5, 5.41) is 0. The standard InChI is InChI=1S/C28H53NO6/c1-7-8-9-10-11-12-13-14-15-16-17-18-19-20-24(23-26(31)34-6)29(22-21-25(30)33-5)27(32)35-28(2,3)4/h24H,7-23H2,1-6H3/t24-/m1/s1. The molecule has 0 aliphatic carbocycles. The minimum absolute atomic E-state index is 0.0476. The Kier molecular flexibility index (Phi) is 19.4. The first-order valence-electron chi connectivity index (χ1n) is 13.8. The van der Waals surface area contributed by atoms with Crippen LogP contribution in [0.4, 0.5) is 4.79 Å².